The van der Waals surface area contributed by atoms with Crippen molar-refractivity contribution in [3.8, 4) is 11.5 Å². The Morgan fingerprint density at radius 3 is 2.77 bits per heavy atom. The van der Waals surface area contributed by atoms with Crippen LogP contribution in [0.3, 0.4) is 0 Å². The molecule has 1 aliphatic carbocycles. The number of morpholine rings is 1. The van der Waals surface area contributed by atoms with E-state index in [-0.39, 0.29) is 0 Å². The summed E-state index contributed by atoms with van der Waals surface area (Å²) in [5.41, 5.74) is 1.19. The van der Waals surface area contributed by atoms with Gasteiger partial charge in [0.25, 0.3) is 0 Å². The molecular weight excluding hydrogens is 280 g/mol. The number of ether oxygens (including phenoxy) is 3. The van der Waals surface area contributed by atoms with Gasteiger partial charge >= 0.3 is 0 Å². The van der Waals surface area contributed by atoms with Crippen molar-refractivity contribution in [2.45, 2.75) is 31.5 Å². The van der Waals surface area contributed by atoms with E-state index in [2.05, 4.69) is 16.3 Å². The van der Waals surface area contributed by atoms with E-state index in [4.69, 9.17) is 14.2 Å². The summed E-state index contributed by atoms with van der Waals surface area (Å²) in [6, 6.07) is 6.86. The minimum atomic E-state index is 0.300. The molecule has 1 aromatic rings. The van der Waals surface area contributed by atoms with E-state index in [1.165, 1.54) is 18.4 Å². The summed E-state index contributed by atoms with van der Waals surface area (Å²) in [6.07, 6.45) is 3.03. The minimum Gasteiger partial charge on any atom is -0.493 e. The molecule has 1 N–H and O–H groups in total. The lowest BCUT2D eigenvalue weighted by molar-refractivity contribution is -0.0301. The average molecular weight is 306 g/mol. The zero-order valence-electron chi connectivity index (χ0n) is 13.5. The molecule has 2 aliphatic rings. The number of benzene rings is 1. The number of hydrogen-bond acceptors (Lipinski definition) is 5. The Morgan fingerprint density at radius 2 is 2.05 bits per heavy atom. The van der Waals surface area contributed by atoms with Crippen molar-refractivity contribution in [3.63, 3.8) is 0 Å². The summed E-state index contributed by atoms with van der Waals surface area (Å²) in [7, 11) is 3.32. The lowest BCUT2D eigenvalue weighted by atomic mass is 10.2. The Morgan fingerprint density at radius 1 is 1.23 bits per heavy atom. The fraction of sp³-hybridized carbons (Fsp3) is 0.647. The zero-order chi connectivity index (χ0) is 15.4. The first-order valence-electron chi connectivity index (χ1n) is 8.07. The highest BCUT2D eigenvalue weighted by Crippen LogP contribution is 2.28. The SMILES string of the molecule is COc1ccc(CNC[C@@H]2CN(C3CC3)CCO2)cc1OC. The second-order valence-electron chi connectivity index (χ2n) is 6.04. The van der Waals surface area contributed by atoms with E-state index in [9.17, 15) is 0 Å². The van der Waals surface area contributed by atoms with Crippen LogP contribution in [0, 0.1) is 0 Å². The van der Waals surface area contributed by atoms with Gasteiger partial charge in [-0.2, -0.15) is 0 Å². The Labute approximate surface area is 132 Å². The first-order valence-corrected chi connectivity index (χ1v) is 8.07. The van der Waals surface area contributed by atoms with Gasteiger partial charge in [-0.15, -0.1) is 0 Å². The Hall–Kier alpha value is -1.30. The molecule has 1 saturated carbocycles. The third kappa shape index (κ3) is 3.91. The van der Waals surface area contributed by atoms with Crippen molar-refractivity contribution in [2.24, 2.45) is 0 Å². The minimum absolute atomic E-state index is 0.300. The van der Waals surface area contributed by atoms with Crippen molar-refractivity contribution in [3.05, 3.63) is 23.8 Å². The van der Waals surface area contributed by atoms with Gasteiger partial charge in [-0.05, 0) is 30.5 Å². The number of nitrogens with zero attached hydrogens (tertiary/aromatic N) is 1. The topological polar surface area (TPSA) is 43.0 Å². The molecule has 0 bridgehead atoms. The molecule has 2 fully saturated rings. The third-order valence-corrected chi connectivity index (χ3v) is 4.38. The summed E-state index contributed by atoms with van der Waals surface area (Å²) >= 11 is 0. The summed E-state index contributed by atoms with van der Waals surface area (Å²) in [4.78, 5) is 2.58. The van der Waals surface area contributed by atoms with E-state index in [0.717, 1.165) is 50.3 Å². The fourth-order valence-electron chi connectivity index (χ4n) is 3.01. The van der Waals surface area contributed by atoms with Gasteiger partial charge in [-0.3, -0.25) is 4.90 Å². The highest BCUT2D eigenvalue weighted by Gasteiger charge is 2.32. The molecule has 3 rings (SSSR count). The van der Waals surface area contributed by atoms with Crippen LogP contribution < -0.4 is 14.8 Å². The fourth-order valence-corrected chi connectivity index (χ4v) is 3.01. The maximum Gasteiger partial charge on any atom is 0.161 e. The van der Waals surface area contributed by atoms with Gasteiger partial charge < -0.3 is 19.5 Å². The first-order chi connectivity index (χ1) is 10.8. The largest absolute Gasteiger partial charge is 0.493 e. The zero-order valence-corrected chi connectivity index (χ0v) is 13.5. The van der Waals surface area contributed by atoms with Crippen LogP contribution in [0.2, 0.25) is 0 Å². The number of hydrogen-bond donors (Lipinski definition) is 1. The predicted molar refractivity (Wildman–Crippen MR) is 85.6 cm³/mol. The Bertz CT molecular complexity index is 491. The Kier molecular flexibility index (Phi) is 5.18. The monoisotopic (exact) mass is 306 g/mol. The second kappa shape index (κ2) is 7.31. The number of nitrogens with one attached hydrogen (secondary N) is 1. The maximum absolute atomic E-state index is 5.86. The third-order valence-electron chi connectivity index (χ3n) is 4.38. The lowest BCUT2D eigenvalue weighted by Crippen LogP contribution is -2.47. The molecule has 1 heterocycles. The molecule has 0 amide bonds. The maximum atomic E-state index is 5.86. The smallest absolute Gasteiger partial charge is 0.161 e. The second-order valence-corrected chi connectivity index (χ2v) is 6.04. The predicted octanol–water partition coefficient (Wildman–Crippen LogP) is 1.66. The van der Waals surface area contributed by atoms with Gasteiger partial charge in [0, 0.05) is 32.2 Å². The summed E-state index contributed by atoms with van der Waals surface area (Å²) in [6.45, 7) is 4.71. The number of methoxy groups -OCH3 is 2. The van der Waals surface area contributed by atoms with Gasteiger partial charge in [-0.25, -0.2) is 0 Å². The standard InChI is InChI=1S/C17H26N2O3/c1-20-16-6-3-13(9-17(16)21-2)10-18-11-15-12-19(7-8-22-15)14-4-5-14/h3,6,9,14-15,18H,4-5,7-8,10-12H2,1-2H3/t15-/m1/s1. The van der Waals surface area contributed by atoms with Crippen LogP contribution in [-0.4, -0.2) is 57.5 Å². The molecule has 5 heteroatoms. The molecule has 22 heavy (non-hydrogen) atoms. The van der Waals surface area contributed by atoms with E-state index >= 15 is 0 Å². The molecular formula is C17H26N2O3. The molecule has 5 nitrogen and oxygen atoms in total. The van der Waals surface area contributed by atoms with Crippen LogP contribution in [0.1, 0.15) is 18.4 Å². The van der Waals surface area contributed by atoms with Crippen molar-refractivity contribution >= 4 is 0 Å². The molecule has 0 spiro atoms. The number of rotatable bonds is 7. The van der Waals surface area contributed by atoms with Gasteiger partial charge in [0.2, 0.25) is 0 Å². The molecule has 1 aromatic carbocycles. The summed E-state index contributed by atoms with van der Waals surface area (Å²) in [5, 5.41) is 3.49. The van der Waals surface area contributed by atoms with Crippen molar-refractivity contribution in [2.75, 3.05) is 40.5 Å². The summed E-state index contributed by atoms with van der Waals surface area (Å²) < 4.78 is 16.5. The van der Waals surface area contributed by atoms with E-state index in [0.29, 0.717) is 6.10 Å². The molecule has 1 atom stereocenters. The molecule has 122 valence electrons. The Balaban J connectivity index is 1.46. The van der Waals surface area contributed by atoms with Crippen LogP contribution in [0.25, 0.3) is 0 Å². The summed E-state index contributed by atoms with van der Waals surface area (Å²) in [5.74, 6) is 1.54. The van der Waals surface area contributed by atoms with Crippen LogP contribution in [0.15, 0.2) is 18.2 Å². The molecule has 1 saturated heterocycles. The molecule has 0 unspecified atom stereocenters. The van der Waals surface area contributed by atoms with Crippen LogP contribution in [-0.2, 0) is 11.3 Å². The molecule has 1 aliphatic heterocycles. The molecule has 0 radical (unpaired) electrons. The van der Waals surface area contributed by atoms with Gasteiger partial charge in [-0.1, -0.05) is 6.07 Å². The van der Waals surface area contributed by atoms with Crippen molar-refractivity contribution in [1.29, 1.82) is 0 Å². The normalized spacial score (nSPS) is 22.5. The van der Waals surface area contributed by atoms with Gasteiger partial charge in [0.05, 0.1) is 26.9 Å². The van der Waals surface area contributed by atoms with Crippen LogP contribution in [0.5, 0.6) is 11.5 Å². The molecule has 0 aromatic heterocycles. The van der Waals surface area contributed by atoms with E-state index < -0.39 is 0 Å². The van der Waals surface area contributed by atoms with Gasteiger partial charge in [0.1, 0.15) is 0 Å². The van der Waals surface area contributed by atoms with E-state index in [1.807, 2.05) is 12.1 Å². The van der Waals surface area contributed by atoms with Crippen LogP contribution in [0.4, 0.5) is 0 Å². The van der Waals surface area contributed by atoms with E-state index in [1.54, 1.807) is 14.2 Å². The highest BCUT2D eigenvalue weighted by atomic mass is 16.5. The van der Waals surface area contributed by atoms with Crippen molar-refractivity contribution in [1.82, 2.24) is 10.2 Å². The van der Waals surface area contributed by atoms with Crippen molar-refractivity contribution < 1.29 is 14.2 Å². The average Bonchev–Trinajstić information content (AvgIpc) is 3.40. The first kappa shape index (κ1) is 15.6. The highest BCUT2D eigenvalue weighted by molar-refractivity contribution is 5.42. The quantitative estimate of drug-likeness (QED) is 0.830. The lowest BCUT2D eigenvalue weighted by Gasteiger charge is -2.33. The van der Waals surface area contributed by atoms with Crippen LogP contribution >= 0.6 is 0 Å². The van der Waals surface area contributed by atoms with Gasteiger partial charge in [0.15, 0.2) is 11.5 Å².